The van der Waals surface area contributed by atoms with Crippen molar-refractivity contribution in [3.8, 4) is 22.8 Å². The molecule has 3 aromatic heterocycles. The number of hydrogen-bond donors (Lipinski definition) is 2. The summed E-state index contributed by atoms with van der Waals surface area (Å²) in [5, 5.41) is 11.8. The lowest BCUT2D eigenvalue weighted by Gasteiger charge is -2.08. The topological polar surface area (TPSA) is 127 Å². The SMILES string of the molecule is N=C(NOC(=O)c1cccc(-c2nc(-c3cccnc3)no2)c1)c1cccnc1. The Bertz CT molecular complexity index is 1150. The van der Waals surface area contributed by atoms with Crippen molar-refractivity contribution in [2.45, 2.75) is 0 Å². The van der Waals surface area contributed by atoms with Crippen LogP contribution in [0.4, 0.5) is 0 Å². The number of benzene rings is 1. The molecule has 0 atom stereocenters. The van der Waals surface area contributed by atoms with E-state index in [-0.39, 0.29) is 17.3 Å². The predicted octanol–water partition coefficient (Wildman–Crippen LogP) is 2.88. The molecule has 4 rings (SSSR count). The lowest BCUT2D eigenvalue weighted by atomic mass is 10.1. The monoisotopic (exact) mass is 386 g/mol. The van der Waals surface area contributed by atoms with Crippen molar-refractivity contribution < 1.29 is 14.2 Å². The predicted molar refractivity (Wildman–Crippen MR) is 103 cm³/mol. The maximum Gasteiger partial charge on any atom is 0.362 e. The molecule has 0 aliphatic rings. The Morgan fingerprint density at radius 3 is 2.48 bits per heavy atom. The highest BCUT2D eigenvalue weighted by Crippen LogP contribution is 2.22. The summed E-state index contributed by atoms with van der Waals surface area (Å²) in [6.07, 6.45) is 6.36. The molecule has 1 aromatic carbocycles. The zero-order chi connectivity index (χ0) is 20.1. The van der Waals surface area contributed by atoms with Gasteiger partial charge in [-0.1, -0.05) is 11.2 Å². The van der Waals surface area contributed by atoms with Crippen LogP contribution in [0.25, 0.3) is 22.8 Å². The van der Waals surface area contributed by atoms with Crippen LogP contribution in [0.1, 0.15) is 15.9 Å². The third-order valence-corrected chi connectivity index (χ3v) is 3.89. The van der Waals surface area contributed by atoms with Crippen LogP contribution in [0.2, 0.25) is 0 Å². The number of hydrogen-bond acceptors (Lipinski definition) is 8. The summed E-state index contributed by atoms with van der Waals surface area (Å²) >= 11 is 0. The first-order valence-electron chi connectivity index (χ1n) is 8.51. The molecule has 142 valence electrons. The number of carbonyl (C=O) groups excluding carboxylic acids is 1. The van der Waals surface area contributed by atoms with Crippen LogP contribution in [0.3, 0.4) is 0 Å². The Hall–Kier alpha value is -4.40. The van der Waals surface area contributed by atoms with E-state index in [1.165, 1.54) is 6.20 Å². The zero-order valence-electron chi connectivity index (χ0n) is 14.9. The molecule has 0 aliphatic heterocycles. The van der Waals surface area contributed by atoms with Crippen LogP contribution in [-0.2, 0) is 4.84 Å². The molecular weight excluding hydrogens is 372 g/mol. The second-order valence-corrected chi connectivity index (χ2v) is 5.85. The van der Waals surface area contributed by atoms with Crippen LogP contribution >= 0.6 is 0 Å². The maximum atomic E-state index is 12.3. The van der Waals surface area contributed by atoms with Crippen LogP contribution in [0.5, 0.6) is 0 Å². The van der Waals surface area contributed by atoms with E-state index < -0.39 is 5.97 Å². The van der Waals surface area contributed by atoms with Gasteiger partial charge in [-0.15, -0.1) is 0 Å². The average molecular weight is 386 g/mol. The molecule has 3 heterocycles. The second kappa shape index (κ2) is 8.09. The Labute approximate surface area is 164 Å². The fourth-order valence-corrected chi connectivity index (χ4v) is 2.46. The van der Waals surface area contributed by atoms with Gasteiger partial charge in [-0.05, 0) is 42.5 Å². The zero-order valence-corrected chi connectivity index (χ0v) is 14.9. The van der Waals surface area contributed by atoms with E-state index >= 15 is 0 Å². The van der Waals surface area contributed by atoms with Crippen molar-refractivity contribution in [3.05, 3.63) is 84.4 Å². The molecule has 0 bridgehead atoms. The smallest absolute Gasteiger partial charge is 0.336 e. The minimum absolute atomic E-state index is 0.0828. The van der Waals surface area contributed by atoms with Crippen molar-refractivity contribution >= 4 is 11.8 Å². The molecule has 9 nitrogen and oxygen atoms in total. The number of aromatic nitrogens is 4. The van der Waals surface area contributed by atoms with E-state index in [9.17, 15) is 4.79 Å². The number of carbonyl (C=O) groups is 1. The van der Waals surface area contributed by atoms with Gasteiger partial charge in [-0.25, -0.2) is 4.79 Å². The van der Waals surface area contributed by atoms with Crippen LogP contribution in [-0.4, -0.2) is 31.9 Å². The number of hydroxylamine groups is 1. The summed E-state index contributed by atoms with van der Waals surface area (Å²) < 4.78 is 5.30. The molecule has 0 aliphatic carbocycles. The van der Waals surface area contributed by atoms with Gasteiger partial charge < -0.3 is 9.36 Å². The van der Waals surface area contributed by atoms with Gasteiger partial charge in [0.15, 0.2) is 5.84 Å². The van der Waals surface area contributed by atoms with Gasteiger partial charge in [-0.3, -0.25) is 15.4 Å². The highest BCUT2D eigenvalue weighted by molar-refractivity contribution is 5.97. The van der Waals surface area contributed by atoms with E-state index in [0.717, 1.165) is 5.56 Å². The second-order valence-electron chi connectivity index (χ2n) is 5.85. The summed E-state index contributed by atoms with van der Waals surface area (Å²) in [7, 11) is 0. The van der Waals surface area contributed by atoms with E-state index in [0.29, 0.717) is 17.0 Å². The standard InChI is InChI=1S/C20H14N6O3/c21-17(15-6-2-8-22-11-15)25-29-20(27)14-5-1-4-13(10-14)19-24-18(26-28-19)16-7-3-9-23-12-16/h1-12H,(H2,21,25). The first-order valence-corrected chi connectivity index (χ1v) is 8.51. The molecule has 0 saturated carbocycles. The van der Waals surface area contributed by atoms with Gasteiger partial charge >= 0.3 is 5.97 Å². The molecule has 29 heavy (non-hydrogen) atoms. The molecule has 4 aromatic rings. The lowest BCUT2D eigenvalue weighted by molar-refractivity contribution is 0.0386. The number of amidine groups is 1. The Kier molecular flexibility index (Phi) is 5.02. The minimum atomic E-state index is -0.660. The molecule has 0 amide bonds. The highest BCUT2D eigenvalue weighted by Gasteiger charge is 2.14. The molecular formula is C20H14N6O3. The molecule has 9 heteroatoms. The van der Waals surface area contributed by atoms with Gasteiger partial charge in [0.25, 0.3) is 5.89 Å². The van der Waals surface area contributed by atoms with Gasteiger partial charge in [0, 0.05) is 41.5 Å². The van der Waals surface area contributed by atoms with Crippen molar-refractivity contribution in [2.75, 3.05) is 0 Å². The molecule has 0 saturated heterocycles. The van der Waals surface area contributed by atoms with E-state index in [1.807, 2.05) is 6.07 Å². The van der Waals surface area contributed by atoms with Crippen molar-refractivity contribution in [3.63, 3.8) is 0 Å². The first-order chi connectivity index (χ1) is 14.2. The Balaban J connectivity index is 1.47. The molecule has 0 unspecified atom stereocenters. The third-order valence-electron chi connectivity index (χ3n) is 3.89. The minimum Gasteiger partial charge on any atom is -0.336 e. The van der Waals surface area contributed by atoms with Crippen molar-refractivity contribution in [1.29, 1.82) is 5.41 Å². The van der Waals surface area contributed by atoms with Gasteiger partial charge in [0.05, 0.1) is 5.56 Å². The van der Waals surface area contributed by atoms with Crippen LogP contribution < -0.4 is 5.48 Å². The van der Waals surface area contributed by atoms with E-state index in [4.69, 9.17) is 14.8 Å². The summed E-state index contributed by atoms with van der Waals surface area (Å²) in [4.78, 5) is 29.6. The number of nitrogens with zero attached hydrogens (tertiary/aromatic N) is 4. The van der Waals surface area contributed by atoms with E-state index in [1.54, 1.807) is 61.1 Å². The summed E-state index contributed by atoms with van der Waals surface area (Å²) in [6.45, 7) is 0. The number of rotatable bonds is 4. The number of pyridine rings is 2. The Morgan fingerprint density at radius 1 is 0.966 bits per heavy atom. The third kappa shape index (κ3) is 4.14. The highest BCUT2D eigenvalue weighted by atomic mass is 16.7. The summed E-state index contributed by atoms with van der Waals surface area (Å²) in [5.41, 5.74) is 4.34. The van der Waals surface area contributed by atoms with Crippen LogP contribution in [0.15, 0.2) is 77.8 Å². The first kappa shape index (κ1) is 18.0. The average Bonchev–Trinajstić information content (AvgIpc) is 3.29. The Morgan fingerprint density at radius 2 is 1.72 bits per heavy atom. The van der Waals surface area contributed by atoms with E-state index in [2.05, 4.69) is 25.6 Å². The molecule has 0 radical (unpaired) electrons. The lowest BCUT2D eigenvalue weighted by Crippen LogP contribution is -2.27. The molecule has 0 spiro atoms. The molecule has 0 fully saturated rings. The van der Waals surface area contributed by atoms with Crippen molar-refractivity contribution in [2.24, 2.45) is 0 Å². The summed E-state index contributed by atoms with van der Waals surface area (Å²) in [6, 6.07) is 13.5. The fourth-order valence-electron chi connectivity index (χ4n) is 2.46. The largest absolute Gasteiger partial charge is 0.362 e. The van der Waals surface area contributed by atoms with Gasteiger partial charge in [0.1, 0.15) is 0 Å². The van der Waals surface area contributed by atoms with Crippen LogP contribution in [0, 0.1) is 5.41 Å². The van der Waals surface area contributed by atoms with Crippen molar-refractivity contribution in [1.82, 2.24) is 25.6 Å². The fraction of sp³-hybridized carbons (Fsp3) is 0. The number of nitrogens with one attached hydrogen (secondary N) is 2. The summed E-state index contributed by atoms with van der Waals surface area (Å²) in [5.74, 6) is -0.0877. The quantitative estimate of drug-likeness (QED) is 0.311. The maximum absolute atomic E-state index is 12.3. The van der Waals surface area contributed by atoms with Gasteiger partial charge in [-0.2, -0.15) is 10.5 Å². The molecule has 2 N–H and O–H groups in total. The van der Waals surface area contributed by atoms with Gasteiger partial charge in [0.2, 0.25) is 5.82 Å². The normalized spacial score (nSPS) is 10.3.